The Morgan fingerprint density at radius 2 is 2.12 bits per heavy atom. The van der Waals surface area contributed by atoms with Gasteiger partial charge in [0.15, 0.2) is 5.16 Å². The van der Waals surface area contributed by atoms with Gasteiger partial charge in [-0.3, -0.25) is 14.9 Å². The molecule has 0 saturated carbocycles. The smallest absolute Gasteiger partial charge is 0.251 e. The van der Waals surface area contributed by atoms with E-state index in [0.717, 1.165) is 11.4 Å². The molecule has 24 heavy (non-hydrogen) atoms. The highest BCUT2D eigenvalue weighted by Crippen LogP contribution is 2.25. The number of hydrogen-bond acceptors (Lipinski definition) is 7. The molecule has 0 aliphatic carbocycles. The fourth-order valence-corrected chi connectivity index (χ4v) is 3.50. The van der Waals surface area contributed by atoms with Crippen molar-refractivity contribution in [2.45, 2.75) is 56.9 Å². The fourth-order valence-electron chi connectivity index (χ4n) is 1.89. The summed E-state index contributed by atoms with van der Waals surface area (Å²) in [5, 5.41) is 12.2. The van der Waals surface area contributed by atoms with E-state index in [1.807, 2.05) is 27.7 Å². The molecule has 1 amide bonds. The van der Waals surface area contributed by atoms with Crippen molar-refractivity contribution in [2.75, 3.05) is 5.32 Å². The highest BCUT2D eigenvalue weighted by molar-refractivity contribution is 8.00. The van der Waals surface area contributed by atoms with Crippen LogP contribution in [0.1, 0.15) is 50.7 Å². The SMILES string of the molecule is CCc1nnc(NC(=O)C(CC)Sc2nc(C(C)C)cc(=O)[nH]2)s1. The number of anilines is 1. The van der Waals surface area contributed by atoms with Gasteiger partial charge in [0.25, 0.3) is 5.56 Å². The quantitative estimate of drug-likeness (QED) is 0.576. The number of hydrogen-bond donors (Lipinski definition) is 2. The topological polar surface area (TPSA) is 101 Å². The number of H-pyrrole nitrogens is 1. The standard InChI is InChI=1S/C15H21N5O2S2/c1-5-10(13(22)18-15-20-19-12(6-2)24-15)23-14-16-9(8(3)4)7-11(21)17-14/h7-8,10H,5-6H2,1-4H3,(H,16,17,21)(H,18,20,22). The van der Waals surface area contributed by atoms with Gasteiger partial charge in [-0.2, -0.15) is 0 Å². The maximum atomic E-state index is 12.4. The molecule has 2 aromatic rings. The summed E-state index contributed by atoms with van der Waals surface area (Å²) in [4.78, 5) is 31.3. The van der Waals surface area contributed by atoms with Gasteiger partial charge >= 0.3 is 0 Å². The van der Waals surface area contributed by atoms with Gasteiger partial charge in [-0.15, -0.1) is 10.2 Å². The second-order valence-corrected chi connectivity index (χ2v) is 7.74. The predicted molar refractivity (Wildman–Crippen MR) is 96.8 cm³/mol. The van der Waals surface area contributed by atoms with Crippen molar-refractivity contribution in [1.29, 1.82) is 0 Å². The Hall–Kier alpha value is -1.74. The molecule has 0 bridgehead atoms. The van der Waals surface area contributed by atoms with Crippen LogP contribution in [-0.4, -0.2) is 31.3 Å². The molecule has 2 heterocycles. The van der Waals surface area contributed by atoms with Crippen molar-refractivity contribution < 1.29 is 4.79 Å². The number of rotatable bonds is 7. The number of carbonyl (C=O) groups excluding carboxylic acids is 1. The van der Waals surface area contributed by atoms with E-state index in [0.29, 0.717) is 22.4 Å². The van der Waals surface area contributed by atoms with Gasteiger partial charge in [0.1, 0.15) is 5.01 Å². The highest BCUT2D eigenvalue weighted by Gasteiger charge is 2.21. The Morgan fingerprint density at radius 3 is 2.71 bits per heavy atom. The van der Waals surface area contributed by atoms with Crippen LogP contribution in [0.3, 0.4) is 0 Å². The maximum absolute atomic E-state index is 12.4. The van der Waals surface area contributed by atoms with Crippen LogP contribution in [0.5, 0.6) is 0 Å². The zero-order valence-corrected chi connectivity index (χ0v) is 15.8. The van der Waals surface area contributed by atoms with Crippen LogP contribution in [-0.2, 0) is 11.2 Å². The van der Waals surface area contributed by atoms with Crippen LogP contribution in [0.4, 0.5) is 5.13 Å². The Balaban J connectivity index is 2.10. The van der Waals surface area contributed by atoms with Gasteiger partial charge in [-0.05, 0) is 18.8 Å². The number of nitrogens with zero attached hydrogens (tertiary/aromatic N) is 3. The molecule has 2 aromatic heterocycles. The second-order valence-electron chi connectivity index (χ2n) is 5.49. The third-order valence-corrected chi connectivity index (χ3v) is 5.48. The molecule has 1 atom stereocenters. The van der Waals surface area contributed by atoms with Gasteiger partial charge in [0.05, 0.1) is 10.9 Å². The Morgan fingerprint density at radius 1 is 1.38 bits per heavy atom. The van der Waals surface area contributed by atoms with Gasteiger partial charge in [0, 0.05) is 6.07 Å². The van der Waals surface area contributed by atoms with Gasteiger partial charge in [0.2, 0.25) is 11.0 Å². The number of aromatic amines is 1. The third-order valence-electron chi connectivity index (χ3n) is 3.25. The van der Waals surface area contributed by atoms with Crippen molar-refractivity contribution >= 4 is 34.1 Å². The number of aromatic nitrogens is 4. The summed E-state index contributed by atoms with van der Waals surface area (Å²) in [6, 6.07) is 1.49. The minimum absolute atomic E-state index is 0.148. The Bertz CT molecular complexity index is 756. The summed E-state index contributed by atoms with van der Waals surface area (Å²) < 4.78 is 0. The molecule has 0 radical (unpaired) electrons. The minimum atomic E-state index is -0.371. The Kier molecular flexibility index (Phi) is 6.50. The molecular formula is C15H21N5O2S2. The number of thioether (sulfide) groups is 1. The van der Waals surface area contributed by atoms with Crippen LogP contribution in [0.15, 0.2) is 16.0 Å². The monoisotopic (exact) mass is 367 g/mol. The molecule has 0 spiro atoms. The lowest BCUT2D eigenvalue weighted by molar-refractivity contribution is -0.115. The van der Waals surface area contributed by atoms with Crippen LogP contribution < -0.4 is 10.9 Å². The van der Waals surface area contributed by atoms with Crippen molar-refractivity contribution in [2.24, 2.45) is 0 Å². The average Bonchev–Trinajstić information content (AvgIpc) is 2.99. The normalized spacial score (nSPS) is 12.4. The lowest BCUT2D eigenvalue weighted by Crippen LogP contribution is -2.25. The van der Waals surface area contributed by atoms with E-state index in [-0.39, 0.29) is 22.6 Å². The highest BCUT2D eigenvalue weighted by atomic mass is 32.2. The zero-order chi connectivity index (χ0) is 17.7. The van der Waals surface area contributed by atoms with Crippen molar-refractivity contribution in [3.8, 4) is 0 Å². The van der Waals surface area contributed by atoms with Crippen LogP contribution in [0.2, 0.25) is 0 Å². The lowest BCUT2D eigenvalue weighted by atomic mass is 10.1. The second kappa shape index (κ2) is 8.39. The molecule has 130 valence electrons. The molecule has 0 aliphatic heterocycles. The van der Waals surface area contributed by atoms with Gasteiger partial charge < -0.3 is 4.98 Å². The van der Waals surface area contributed by atoms with E-state index in [9.17, 15) is 9.59 Å². The molecule has 0 fully saturated rings. The van der Waals surface area contributed by atoms with Gasteiger partial charge in [-0.25, -0.2) is 4.98 Å². The summed E-state index contributed by atoms with van der Waals surface area (Å²) in [7, 11) is 0. The van der Waals surface area contributed by atoms with E-state index < -0.39 is 0 Å². The van der Waals surface area contributed by atoms with E-state index in [1.165, 1.54) is 29.2 Å². The first-order valence-corrected chi connectivity index (χ1v) is 9.53. The first kappa shape index (κ1) is 18.6. The molecule has 2 N–H and O–H groups in total. The summed E-state index contributed by atoms with van der Waals surface area (Å²) in [6.07, 6.45) is 1.39. The minimum Gasteiger partial charge on any atom is -0.301 e. The van der Waals surface area contributed by atoms with Crippen LogP contribution >= 0.6 is 23.1 Å². The fraction of sp³-hybridized carbons (Fsp3) is 0.533. The molecule has 0 aromatic carbocycles. The molecule has 1 unspecified atom stereocenters. The van der Waals surface area contributed by atoms with Gasteiger partial charge in [-0.1, -0.05) is 50.8 Å². The first-order valence-electron chi connectivity index (χ1n) is 7.84. The van der Waals surface area contributed by atoms with E-state index >= 15 is 0 Å². The van der Waals surface area contributed by atoms with E-state index in [1.54, 1.807) is 0 Å². The largest absolute Gasteiger partial charge is 0.301 e. The molecule has 0 aliphatic rings. The van der Waals surface area contributed by atoms with Crippen LogP contribution in [0.25, 0.3) is 0 Å². The van der Waals surface area contributed by atoms with E-state index in [4.69, 9.17) is 0 Å². The molecule has 9 heteroatoms. The summed E-state index contributed by atoms with van der Waals surface area (Å²) in [5.41, 5.74) is 0.511. The zero-order valence-electron chi connectivity index (χ0n) is 14.1. The summed E-state index contributed by atoms with van der Waals surface area (Å²) in [6.45, 7) is 7.85. The number of aryl methyl sites for hydroxylation is 1. The molecular weight excluding hydrogens is 346 g/mol. The van der Waals surface area contributed by atoms with Crippen molar-refractivity contribution in [3.05, 3.63) is 27.1 Å². The lowest BCUT2D eigenvalue weighted by Gasteiger charge is -2.13. The van der Waals surface area contributed by atoms with Crippen LogP contribution in [0, 0.1) is 0 Å². The predicted octanol–water partition coefficient (Wildman–Crippen LogP) is 2.82. The Labute approximate surface area is 148 Å². The maximum Gasteiger partial charge on any atom is 0.251 e. The molecule has 0 saturated heterocycles. The number of amides is 1. The average molecular weight is 368 g/mol. The summed E-state index contributed by atoms with van der Waals surface area (Å²) in [5.74, 6) is -0.0201. The number of nitrogens with one attached hydrogen (secondary N) is 2. The van der Waals surface area contributed by atoms with Crippen molar-refractivity contribution in [3.63, 3.8) is 0 Å². The number of carbonyl (C=O) groups is 1. The molecule has 7 nitrogen and oxygen atoms in total. The first-order chi connectivity index (χ1) is 11.4. The van der Waals surface area contributed by atoms with E-state index in [2.05, 4.69) is 25.5 Å². The molecule has 2 rings (SSSR count). The van der Waals surface area contributed by atoms with Crippen molar-refractivity contribution in [1.82, 2.24) is 20.2 Å². The summed E-state index contributed by atoms with van der Waals surface area (Å²) >= 11 is 2.62. The third kappa shape index (κ3) is 4.88.